The van der Waals surface area contributed by atoms with Crippen molar-refractivity contribution < 1.29 is 9.53 Å². The molecule has 1 aromatic rings. The van der Waals surface area contributed by atoms with Gasteiger partial charge >= 0.3 is 6.09 Å². The number of pyridine rings is 1. The highest BCUT2D eigenvalue weighted by Crippen LogP contribution is 2.12. The Kier molecular flexibility index (Phi) is 4.10. The third kappa shape index (κ3) is 4.85. The molecule has 4 heteroatoms. The number of amides is 1. The summed E-state index contributed by atoms with van der Waals surface area (Å²) in [5, 5.41) is 2.76. The first kappa shape index (κ1) is 13.5. The van der Waals surface area contributed by atoms with Crippen LogP contribution >= 0.6 is 0 Å². The summed E-state index contributed by atoms with van der Waals surface area (Å²) in [4.78, 5) is 15.9. The Morgan fingerprint density at radius 1 is 1.41 bits per heavy atom. The van der Waals surface area contributed by atoms with Gasteiger partial charge in [0.25, 0.3) is 0 Å². The first-order valence-corrected chi connectivity index (χ1v) is 5.71. The van der Waals surface area contributed by atoms with Crippen LogP contribution in [0.1, 0.15) is 45.1 Å². The number of nitrogens with zero attached hydrogens (tertiary/aromatic N) is 1. The van der Waals surface area contributed by atoms with Gasteiger partial charge in [0.15, 0.2) is 0 Å². The molecular formula is C13H20N2O2. The van der Waals surface area contributed by atoms with Crippen molar-refractivity contribution in [2.75, 3.05) is 0 Å². The molecule has 1 rings (SSSR count). The quantitative estimate of drug-likeness (QED) is 0.858. The minimum atomic E-state index is -0.482. The zero-order valence-corrected chi connectivity index (χ0v) is 11.1. The fourth-order valence-corrected chi connectivity index (χ4v) is 1.36. The number of hydrogen-bond donors (Lipinski definition) is 1. The number of rotatable bonds is 2. The van der Waals surface area contributed by atoms with Crippen LogP contribution in [0.5, 0.6) is 0 Å². The van der Waals surface area contributed by atoms with Crippen molar-refractivity contribution in [1.82, 2.24) is 10.3 Å². The highest BCUT2D eigenvalue weighted by molar-refractivity contribution is 5.68. The van der Waals surface area contributed by atoms with Gasteiger partial charge in [-0.15, -0.1) is 0 Å². The van der Waals surface area contributed by atoms with Gasteiger partial charge in [-0.05, 0) is 46.8 Å². The van der Waals surface area contributed by atoms with Crippen molar-refractivity contribution in [2.24, 2.45) is 0 Å². The monoisotopic (exact) mass is 236 g/mol. The van der Waals surface area contributed by atoms with Crippen LogP contribution in [0.3, 0.4) is 0 Å². The Morgan fingerprint density at radius 2 is 2.06 bits per heavy atom. The third-order valence-electron chi connectivity index (χ3n) is 2.09. The molecule has 1 aromatic heterocycles. The molecule has 0 aliphatic rings. The summed E-state index contributed by atoms with van der Waals surface area (Å²) >= 11 is 0. The number of carbonyl (C=O) groups excluding carboxylic acids is 1. The maximum atomic E-state index is 11.6. The Balaban J connectivity index is 2.61. The van der Waals surface area contributed by atoms with Crippen LogP contribution in [0.15, 0.2) is 18.2 Å². The average Bonchev–Trinajstić information content (AvgIpc) is 2.14. The number of hydrogen-bond acceptors (Lipinski definition) is 3. The van der Waals surface area contributed by atoms with E-state index < -0.39 is 11.7 Å². The predicted octanol–water partition coefficient (Wildman–Crippen LogP) is 2.98. The molecule has 0 aliphatic carbocycles. The Hall–Kier alpha value is -1.58. The van der Waals surface area contributed by atoms with Gasteiger partial charge in [-0.25, -0.2) is 4.79 Å². The summed E-state index contributed by atoms with van der Waals surface area (Å²) < 4.78 is 5.18. The standard InChI is InChI=1S/C13H20N2O2/c1-9-7-6-8-11(14-9)10(2)15-12(16)17-13(3,4)5/h6-8,10H,1-5H3,(H,15,16)/t10-/m0/s1. The van der Waals surface area contributed by atoms with Gasteiger partial charge in [-0.1, -0.05) is 6.07 Å². The van der Waals surface area contributed by atoms with E-state index in [1.54, 1.807) is 0 Å². The molecule has 0 aromatic carbocycles. The zero-order valence-electron chi connectivity index (χ0n) is 11.1. The molecule has 1 N–H and O–H groups in total. The SMILES string of the molecule is Cc1cccc([C@H](C)NC(=O)OC(C)(C)C)n1. The van der Waals surface area contributed by atoms with Crippen molar-refractivity contribution >= 4 is 6.09 Å². The van der Waals surface area contributed by atoms with Crippen LogP contribution in [-0.4, -0.2) is 16.7 Å². The van der Waals surface area contributed by atoms with Gasteiger partial charge < -0.3 is 10.1 Å². The van der Waals surface area contributed by atoms with E-state index in [4.69, 9.17) is 4.74 Å². The molecule has 0 saturated heterocycles. The molecule has 0 aliphatic heterocycles. The smallest absolute Gasteiger partial charge is 0.408 e. The summed E-state index contributed by atoms with van der Waals surface area (Å²) in [7, 11) is 0. The second-order valence-electron chi connectivity index (χ2n) is 5.07. The predicted molar refractivity (Wildman–Crippen MR) is 66.8 cm³/mol. The Bertz CT molecular complexity index is 397. The fraction of sp³-hybridized carbons (Fsp3) is 0.538. The molecule has 94 valence electrons. The van der Waals surface area contributed by atoms with E-state index in [1.165, 1.54) is 0 Å². The maximum absolute atomic E-state index is 11.6. The Labute approximate surface area is 102 Å². The lowest BCUT2D eigenvalue weighted by Gasteiger charge is -2.21. The first-order valence-electron chi connectivity index (χ1n) is 5.71. The van der Waals surface area contributed by atoms with Crippen LogP contribution in [0.2, 0.25) is 0 Å². The molecular weight excluding hydrogens is 216 g/mol. The average molecular weight is 236 g/mol. The van der Waals surface area contributed by atoms with E-state index >= 15 is 0 Å². The molecule has 17 heavy (non-hydrogen) atoms. The van der Waals surface area contributed by atoms with Gasteiger partial charge in [0.1, 0.15) is 5.60 Å². The molecule has 0 spiro atoms. The summed E-state index contributed by atoms with van der Waals surface area (Å²) in [5.74, 6) is 0. The molecule has 0 radical (unpaired) electrons. The largest absolute Gasteiger partial charge is 0.444 e. The number of ether oxygens (including phenoxy) is 1. The van der Waals surface area contributed by atoms with Crippen molar-refractivity contribution in [1.29, 1.82) is 0 Å². The molecule has 0 unspecified atom stereocenters. The lowest BCUT2D eigenvalue weighted by atomic mass is 10.2. The van der Waals surface area contributed by atoms with E-state index in [9.17, 15) is 4.79 Å². The number of nitrogens with one attached hydrogen (secondary N) is 1. The van der Waals surface area contributed by atoms with Crippen molar-refractivity contribution in [3.8, 4) is 0 Å². The van der Waals surface area contributed by atoms with Gasteiger partial charge in [0, 0.05) is 5.69 Å². The van der Waals surface area contributed by atoms with Gasteiger partial charge in [-0.2, -0.15) is 0 Å². The number of aryl methyl sites for hydroxylation is 1. The summed E-state index contributed by atoms with van der Waals surface area (Å²) in [6.45, 7) is 9.31. The number of alkyl carbamates (subject to hydrolysis) is 1. The van der Waals surface area contributed by atoms with Crippen LogP contribution < -0.4 is 5.32 Å². The second-order valence-corrected chi connectivity index (χ2v) is 5.07. The summed E-state index contributed by atoms with van der Waals surface area (Å²) in [5.41, 5.74) is 1.28. The van der Waals surface area contributed by atoms with E-state index in [0.717, 1.165) is 11.4 Å². The fourth-order valence-electron chi connectivity index (χ4n) is 1.36. The lowest BCUT2D eigenvalue weighted by Crippen LogP contribution is -2.34. The molecule has 1 atom stereocenters. The van der Waals surface area contributed by atoms with Crippen LogP contribution in [0, 0.1) is 6.92 Å². The number of carbonyl (C=O) groups is 1. The van der Waals surface area contributed by atoms with Crippen molar-refractivity contribution in [2.45, 2.75) is 46.3 Å². The molecule has 0 bridgehead atoms. The second kappa shape index (κ2) is 5.17. The van der Waals surface area contributed by atoms with Crippen molar-refractivity contribution in [3.05, 3.63) is 29.6 Å². The van der Waals surface area contributed by atoms with Gasteiger partial charge in [0.05, 0.1) is 11.7 Å². The summed E-state index contributed by atoms with van der Waals surface area (Å²) in [6.07, 6.45) is -0.423. The van der Waals surface area contributed by atoms with Crippen molar-refractivity contribution in [3.63, 3.8) is 0 Å². The first-order chi connectivity index (χ1) is 7.78. The highest BCUT2D eigenvalue weighted by Gasteiger charge is 2.18. The molecule has 0 saturated carbocycles. The minimum Gasteiger partial charge on any atom is -0.444 e. The maximum Gasteiger partial charge on any atom is 0.408 e. The van der Waals surface area contributed by atoms with Crippen LogP contribution in [0.25, 0.3) is 0 Å². The van der Waals surface area contributed by atoms with E-state index in [-0.39, 0.29) is 6.04 Å². The molecule has 0 fully saturated rings. The normalized spacial score (nSPS) is 13.0. The van der Waals surface area contributed by atoms with E-state index in [1.807, 2.05) is 52.8 Å². The highest BCUT2D eigenvalue weighted by atomic mass is 16.6. The topological polar surface area (TPSA) is 51.2 Å². The number of aromatic nitrogens is 1. The van der Waals surface area contributed by atoms with Crippen LogP contribution in [0.4, 0.5) is 4.79 Å². The van der Waals surface area contributed by atoms with Crippen LogP contribution in [-0.2, 0) is 4.74 Å². The lowest BCUT2D eigenvalue weighted by molar-refractivity contribution is 0.0507. The minimum absolute atomic E-state index is 0.162. The van der Waals surface area contributed by atoms with E-state index in [0.29, 0.717) is 0 Å². The molecule has 1 amide bonds. The van der Waals surface area contributed by atoms with Gasteiger partial charge in [0.2, 0.25) is 0 Å². The zero-order chi connectivity index (χ0) is 13.1. The summed E-state index contributed by atoms with van der Waals surface area (Å²) in [6, 6.07) is 5.56. The van der Waals surface area contributed by atoms with E-state index in [2.05, 4.69) is 10.3 Å². The third-order valence-corrected chi connectivity index (χ3v) is 2.09. The Morgan fingerprint density at radius 3 is 2.59 bits per heavy atom. The molecule has 4 nitrogen and oxygen atoms in total. The molecule has 1 heterocycles. The van der Waals surface area contributed by atoms with Gasteiger partial charge in [-0.3, -0.25) is 4.98 Å².